The molecule has 0 aliphatic rings. The van der Waals surface area contributed by atoms with Crippen LogP contribution in [0.15, 0.2) is 28.9 Å². The van der Waals surface area contributed by atoms with Gasteiger partial charge in [-0.1, -0.05) is 17.7 Å². The van der Waals surface area contributed by atoms with E-state index in [9.17, 15) is 9.59 Å². The number of aliphatic carboxylic acids is 1. The topological polar surface area (TPSA) is 123 Å². The molecule has 0 fully saturated rings. The van der Waals surface area contributed by atoms with Gasteiger partial charge in [0.2, 0.25) is 11.5 Å². The molecule has 0 atom stereocenters. The van der Waals surface area contributed by atoms with Gasteiger partial charge in [0.05, 0.1) is 6.42 Å². The Bertz CT molecular complexity index is 650. The van der Waals surface area contributed by atoms with Crippen molar-refractivity contribution in [2.24, 2.45) is 0 Å². The van der Waals surface area contributed by atoms with Crippen LogP contribution in [0.5, 0.6) is 0 Å². The van der Waals surface area contributed by atoms with Crippen molar-refractivity contribution >= 4 is 23.4 Å². The molecule has 0 aliphatic carbocycles. The number of hydrogen-bond donors (Lipinski definition) is 2. The maximum absolute atomic E-state index is 12.4. The van der Waals surface area contributed by atoms with Gasteiger partial charge in [0, 0.05) is 12.2 Å². The van der Waals surface area contributed by atoms with E-state index in [4.69, 9.17) is 10.8 Å². The molecule has 1 aromatic heterocycles. The molecule has 0 spiro atoms. The Morgan fingerprint density at radius 2 is 1.95 bits per heavy atom. The first-order valence-electron chi connectivity index (χ1n) is 6.17. The van der Waals surface area contributed by atoms with Crippen LogP contribution < -0.4 is 10.6 Å². The zero-order chi connectivity index (χ0) is 15.4. The Balaban J connectivity index is 2.31. The number of aromatic nitrogens is 2. The molecule has 8 heteroatoms. The molecule has 0 bridgehead atoms. The molecule has 110 valence electrons. The average molecular weight is 290 g/mol. The Morgan fingerprint density at radius 1 is 1.29 bits per heavy atom. The normalized spacial score (nSPS) is 10.3. The fourth-order valence-corrected chi connectivity index (χ4v) is 1.75. The number of benzene rings is 1. The van der Waals surface area contributed by atoms with Crippen LogP contribution in [0.25, 0.3) is 0 Å². The van der Waals surface area contributed by atoms with Crippen LogP contribution in [0, 0.1) is 6.92 Å². The number of aryl methyl sites for hydroxylation is 1. The molecule has 3 N–H and O–H groups in total. The van der Waals surface area contributed by atoms with E-state index in [1.165, 1.54) is 4.90 Å². The highest BCUT2D eigenvalue weighted by Crippen LogP contribution is 2.19. The van der Waals surface area contributed by atoms with E-state index in [0.29, 0.717) is 5.69 Å². The van der Waals surface area contributed by atoms with Crippen molar-refractivity contribution in [2.75, 3.05) is 17.2 Å². The number of anilines is 2. The van der Waals surface area contributed by atoms with Crippen LogP contribution in [-0.2, 0) is 4.79 Å². The summed E-state index contributed by atoms with van der Waals surface area (Å²) < 4.78 is 4.41. The molecule has 8 nitrogen and oxygen atoms in total. The lowest BCUT2D eigenvalue weighted by Gasteiger charge is -2.21. The SMILES string of the molecule is Cc1ccc(N(CCC(=O)O)C(=O)c2nonc2N)cc1. The van der Waals surface area contributed by atoms with Gasteiger partial charge < -0.3 is 15.7 Å². The second-order valence-corrected chi connectivity index (χ2v) is 4.43. The summed E-state index contributed by atoms with van der Waals surface area (Å²) in [6, 6.07) is 7.08. The van der Waals surface area contributed by atoms with Gasteiger partial charge in [-0.3, -0.25) is 9.59 Å². The van der Waals surface area contributed by atoms with E-state index in [0.717, 1.165) is 5.56 Å². The number of carboxylic acid groups (broad SMARTS) is 1. The van der Waals surface area contributed by atoms with Crippen LogP contribution in [-0.4, -0.2) is 33.8 Å². The summed E-state index contributed by atoms with van der Waals surface area (Å²) in [6.07, 6.45) is -0.204. The van der Waals surface area contributed by atoms with Gasteiger partial charge in [0.1, 0.15) is 0 Å². The van der Waals surface area contributed by atoms with Gasteiger partial charge in [-0.2, -0.15) is 0 Å². The minimum atomic E-state index is -1.01. The zero-order valence-corrected chi connectivity index (χ0v) is 11.3. The third-order valence-electron chi connectivity index (χ3n) is 2.86. The number of nitrogen functional groups attached to an aromatic ring is 1. The van der Waals surface area contributed by atoms with Crippen molar-refractivity contribution in [1.29, 1.82) is 0 Å². The number of hydrogen-bond acceptors (Lipinski definition) is 6. The lowest BCUT2D eigenvalue weighted by Crippen LogP contribution is -2.33. The highest BCUT2D eigenvalue weighted by atomic mass is 16.6. The second-order valence-electron chi connectivity index (χ2n) is 4.43. The lowest BCUT2D eigenvalue weighted by atomic mass is 10.2. The van der Waals surface area contributed by atoms with Crippen molar-refractivity contribution < 1.29 is 19.3 Å². The Kier molecular flexibility index (Phi) is 4.17. The summed E-state index contributed by atoms with van der Waals surface area (Å²) in [5.41, 5.74) is 6.94. The molecule has 21 heavy (non-hydrogen) atoms. The molecule has 1 heterocycles. The van der Waals surface area contributed by atoms with Crippen LogP contribution in [0.1, 0.15) is 22.5 Å². The van der Waals surface area contributed by atoms with E-state index in [1.54, 1.807) is 12.1 Å². The first kappa shape index (κ1) is 14.5. The maximum Gasteiger partial charge on any atom is 0.305 e. The van der Waals surface area contributed by atoms with Crippen LogP contribution in [0.3, 0.4) is 0 Å². The number of nitrogens with two attached hydrogens (primary N) is 1. The van der Waals surface area contributed by atoms with Crippen molar-refractivity contribution in [3.63, 3.8) is 0 Å². The van der Waals surface area contributed by atoms with Gasteiger partial charge >= 0.3 is 5.97 Å². The predicted octanol–water partition coefficient (Wildman–Crippen LogP) is 1.08. The van der Waals surface area contributed by atoms with Crippen LogP contribution in [0.2, 0.25) is 0 Å². The van der Waals surface area contributed by atoms with Crippen molar-refractivity contribution in [2.45, 2.75) is 13.3 Å². The minimum Gasteiger partial charge on any atom is -0.481 e. The zero-order valence-electron chi connectivity index (χ0n) is 11.3. The first-order chi connectivity index (χ1) is 9.99. The first-order valence-corrected chi connectivity index (χ1v) is 6.17. The largest absolute Gasteiger partial charge is 0.481 e. The molecule has 0 saturated heterocycles. The van der Waals surface area contributed by atoms with Crippen LogP contribution in [0.4, 0.5) is 11.5 Å². The maximum atomic E-state index is 12.4. The van der Waals surface area contributed by atoms with Crippen LogP contribution >= 0.6 is 0 Å². The third-order valence-corrected chi connectivity index (χ3v) is 2.86. The van der Waals surface area contributed by atoms with Crippen molar-refractivity contribution in [1.82, 2.24) is 10.3 Å². The fraction of sp³-hybridized carbons (Fsp3) is 0.231. The summed E-state index contributed by atoms with van der Waals surface area (Å²) in [5, 5.41) is 15.6. The highest BCUT2D eigenvalue weighted by Gasteiger charge is 2.24. The Hall–Kier alpha value is -2.90. The smallest absolute Gasteiger partial charge is 0.305 e. The number of carboxylic acids is 1. The van der Waals surface area contributed by atoms with E-state index < -0.39 is 11.9 Å². The molecular formula is C13H14N4O4. The quantitative estimate of drug-likeness (QED) is 0.844. The number of carbonyl (C=O) groups excluding carboxylic acids is 1. The van der Waals surface area contributed by atoms with Crippen molar-refractivity contribution in [3.05, 3.63) is 35.5 Å². The summed E-state index contributed by atoms with van der Waals surface area (Å²) in [4.78, 5) is 24.5. The molecule has 1 aromatic carbocycles. The summed E-state index contributed by atoms with van der Waals surface area (Å²) in [6.45, 7) is 1.90. The molecule has 0 aliphatic heterocycles. The lowest BCUT2D eigenvalue weighted by molar-refractivity contribution is -0.136. The number of amides is 1. The highest BCUT2D eigenvalue weighted by molar-refractivity contribution is 6.07. The minimum absolute atomic E-state index is 0.0104. The van der Waals surface area contributed by atoms with E-state index in [-0.39, 0.29) is 24.5 Å². The third kappa shape index (κ3) is 3.35. The average Bonchev–Trinajstić information content (AvgIpc) is 2.86. The monoisotopic (exact) mass is 290 g/mol. The van der Waals surface area contributed by atoms with E-state index in [2.05, 4.69) is 14.9 Å². The van der Waals surface area contributed by atoms with Crippen molar-refractivity contribution in [3.8, 4) is 0 Å². The Morgan fingerprint density at radius 3 is 2.48 bits per heavy atom. The molecular weight excluding hydrogens is 276 g/mol. The van der Waals surface area contributed by atoms with Gasteiger partial charge in [0.25, 0.3) is 5.91 Å². The molecule has 1 amide bonds. The van der Waals surface area contributed by atoms with Gasteiger partial charge in [-0.25, -0.2) is 4.63 Å². The summed E-state index contributed by atoms with van der Waals surface area (Å²) in [7, 11) is 0. The molecule has 0 radical (unpaired) electrons. The number of nitrogens with zero attached hydrogens (tertiary/aromatic N) is 3. The molecule has 2 aromatic rings. The second kappa shape index (κ2) is 6.04. The fourth-order valence-electron chi connectivity index (χ4n) is 1.75. The number of carbonyl (C=O) groups is 2. The van der Waals surface area contributed by atoms with E-state index >= 15 is 0 Å². The summed E-state index contributed by atoms with van der Waals surface area (Å²) >= 11 is 0. The van der Waals surface area contributed by atoms with Gasteiger partial charge in [0.15, 0.2) is 0 Å². The summed E-state index contributed by atoms with van der Waals surface area (Å²) in [5.74, 6) is -1.70. The molecule has 0 saturated carbocycles. The van der Waals surface area contributed by atoms with E-state index in [1.807, 2.05) is 19.1 Å². The molecule has 2 rings (SSSR count). The van der Waals surface area contributed by atoms with Gasteiger partial charge in [-0.15, -0.1) is 0 Å². The Labute approximate surface area is 120 Å². The molecule has 0 unspecified atom stereocenters. The van der Waals surface area contributed by atoms with Gasteiger partial charge in [-0.05, 0) is 29.4 Å². The predicted molar refractivity (Wildman–Crippen MR) is 73.8 cm³/mol. The number of rotatable bonds is 5. The standard InChI is InChI=1S/C13H14N4O4/c1-8-2-4-9(5-3-8)17(7-6-10(18)19)13(20)11-12(14)16-21-15-11/h2-5H,6-7H2,1H3,(H2,14,16)(H,18,19).